The quantitative estimate of drug-likeness (QED) is 0.516. The summed E-state index contributed by atoms with van der Waals surface area (Å²) in [4.78, 5) is 34.8. The van der Waals surface area contributed by atoms with Crippen LogP contribution in [0.25, 0.3) is 21.9 Å². The zero-order valence-electron chi connectivity index (χ0n) is 10.2. The number of nitrogens with two attached hydrogens (primary N) is 1. The van der Waals surface area contributed by atoms with Crippen LogP contribution < -0.4 is 17.0 Å². The van der Waals surface area contributed by atoms with Crippen LogP contribution >= 0.6 is 11.6 Å². The number of rotatable bonds is 1. The SMILES string of the molecule is NC(=O)c1c(O)c2c(=O)oc3ccc(Cl)cc3c2oc1=O. The van der Waals surface area contributed by atoms with Gasteiger partial charge in [0.1, 0.15) is 11.0 Å². The summed E-state index contributed by atoms with van der Waals surface area (Å²) in [7, 11) is 0. The second kappa shape index (κ2) is 4.35. The summed E-state index contributed by atoms with van der Waals surface area (Å²) in [5, 5.41) is 10.0. The van der Waals surface area contributed by atoms with E-state index in [2.05, 4.69) is 0 Å². The maximum atomic E-state index is 11.9. The molecule has 2 aromatic heterocycles. The van der Waals surface area contributed by atoms with E-state index < -0.39 is 33.9 Å². The molecule has 2 heterocycles. The van der Waals surface area contributed by atoms with Gasteiger partial charge in [0.2, 0.25) is 0 Å². The number of halogens is 1. The largest absolute Gasteiger partial charge is 0.506 e. The van der Waals surface area contributed by atoms with Crippen molar-refractivity contribution in [3.8, 4) is 5.75 Å². The number of primary amides is 1. The minimum atomic E-state index is -1.21. The number of fused-ring (bicyclic) bond motifs is 3. The summed E-state index contributed by atoms with van der Waals surface area (Å²) in [5.74, 6) is -2.09. The van der Waals surface area contributed by atoms with Crippen molar-refractivity contribution in [3.05, 3.63) is 49.6 Å². The fraction of sp³-hybridized carbons (Fsp3) is 0. The van der Waals surface area contributed by atoms with E-state index in [4.69, 9.17) is 26.2 Å². The molecular weight excluding hydrogens is 302 g/mol. The number of carbonyl (C=O) groups is 1. The Labute approximate surface area is 120 Å². The normalized spacial score (nSPS) is 11.1. The average molecular weight is 308 g/mol. The van der Waals surface area contributed by atoms with Crippen molar-refractivity contribution >= 4 is 39.4 Å². The molecule has 3 N–H and O–H groups in total. The first-order valence-corrected chi connectivity index (χ1v) is 6.00. The van der Waals surface area contributed by atoms with Crippen LogP contribution in [0.4, 0.5) is 0 Å². The predicted molar refractivity (Wildman–Crippen MR) is 73.7 cm³/mol. The molecule has 0 spiro atoms. The van der Waals surface area contributed by atoms with Gasteiger partial charge in [-0.25, -0.2) is 9.59 Å². The zero-order valence-corrected chi connectivity index (χ0v) is 10.9. The molecule has 0 aliphatic carbocycles. The van der Waals surface area contributed by atoms with Gasteiger partial charge in [0, 0.05) is 5.02 Å². The summed E-state index contributed by atoms with van der Waals surface area (Å²) >= 11 is 5.84. The van der Waals surface area contributed by atoms with Crippen LogP contribution in [-0.4, -0.2) is 11.0 Å². The number of amides is 1. The molecule has 21 heavy (non-hydrogen) atoms. The third-order valence-corrected chi connectivity index (χ3v) is 3.17. The van der Waals surface area contributed by atoms with E-state index in [1.165, 1.54) is 18.2 Å². The van der Waals surface area contributed by atoms with Gasteiger partial charge in [-0.05, 0) is 18.2 Å². The molecule has 3 aromatic rings. The molecule has 1 aromatic carbocycles. The lowest BCUT2D eigenvalue weighted by molar-refractivity contribution is 0.0994. The van der Waals surface area contributed by atoms with Gasteiger partial charge in [-0.3, -0.25) is 4.79 Å². The Morgan fingerprint density at radius 3 is 2.57 bits per heavy atom. The van der Waals surface area contributed by atoms with Crippen molar-refractivity contribution in [1.29, 1.82) is 0 Å². The van der Waals surface area contributed by atoms with Crippen molar-refractivity contribution in [2.45, 2.75) is 0 Å². The van der Waals surface area contributed by atoms with Crippen molar-refractivity contribution in [2.24, 2.45) is 5.73 Å². The molecule has 0 fully saturated rings. The topological polar surface area (TPSA) is 124 Å². The molecule has 0 saturated heterocycles. The smallest absolute Gasteiger partial charge is 0.353 e. The van der Waals surface area contributed by atoms with Gasteiger partial charge in [-0.1, -0.05) is 11.6 Å². The van der Waals surface area contributed by atoms with E-state index in [1.807, 2.05) is 0 Å². The highest BCUT2D eigenvalue weighted by molar-refractivity contribution is 6.31. The van der Waals surface area contributed by atoms with Gasteiger partial charge in [-0.15, -0.1) is 0 Å². The Morgan fingerprint density at radius 1 is 1.19 bits per heavy atom. The van der Waals surface area contributed by atoms with Crippen LogP contribution in [0.2, 0.25) is 5.02 Å². The summed E-state index contributed by atoms with van der Waals surface area (Å²) in [6.07, 6.45) is 0. The van der Waals surface area contributed by atoms with Crippen LogP contribution in [0.1, 0.15) is 10.4 Å². The molecule has 1 amide bonds. The summed E-state index contributed by atoms with van der Waals surface area (Å²) in [5.41, 5.74) is 1.94. The van der Waals surface area contributed by atoms with Gasteiger partial charge >= 0.3 is 11.3 Å². The van der Waals surface area contributed by atoms with Gasteiger partial charge in [-0.2, -0.15) is 0 Å². The molecule has 0 aliphatic heterocycles. The van der Waals surface area contributed by atoms with E-state index in [1.54, 1.807) is 0 Å². The summed E-state index contributed by atoms with van der Waals surface area (Å²) in [6.45, 7) is 0. The van der Waals surface area contributed by atoms with Crippen LogP contribution in [-0.2, 0) is 0 Å². The van der Waals surface area contributed by atoms with E-state index >= 15 is 0 Å². The van der Waals surface area contributed by atoms with Crippen LogP contribution in [0.3, 0.4) is 0 Å². The molecule has 0 unspecified atom stereocenters. The lowest BCUT2D eigenvalue weighted by atomic mass is 10.1. The zero-order chi connectivity index (χ0) is 15.3. The molecule has 0 atom stereocenters. The van der Waals surface area contributed by atoms with E-state index in [9.17, 15) is 19.5 Å². The number of benzene rings is 1. The Bertz CT molecular complexity index is 1030. The maximum absolute atomic E-state index is 11.9. The van der Waals surface area contributed by atoms with Crippen LogP contribution in [0.5, 0.6) is 5.75 Å². The third kappa shape index (κ3) is 1.86. The van der Waals surface area contributed by atoms with E-state index in [0.717, 1.165) is 0 Å². The minimum Gasteiger partial charge on any atom is -0.506 e. The molecule has 7 nitrogen and oxygen atoms in total. The Morgan fingerprint density at radius 2 is 1.90 bits per heavy atom. The highest BCUT2D eigenvalue weighted by atomic mass is 35.5. The first-order valence-electron chi connectivity index (χ1n) is 5.62. The van der Waals surface area contributed by atoms with Crippen molar-refractivity contribution < 1.29 is 18.7 Å². The Kier molecular flexibility index (Phi) is 2.74. The fourth-order valence-corrected chi connectivity index (χ4v) is 2.21. The van der Waals surface area contributed by atoms with Gasteiger partial charge in [0.25, 0.3) is 5.91 Å². The lowest BCUT2D eigenvalue weighted by Gasteiger charge is -2.05. The molecule has 106 valence electrons. The third-order valence-electron chi connectivity index (χ3n) is 2.94. The number of aromatic hydroxyl groups is 1. The number of hydrogen-bond acceptors (Lipinski definition) is 6. The van der Waals surface area contributed by atoms with Crippen LogP contribution in [0, 0.1) is 0 Å². The van der Waals surface area contributed by atoms with E-state index in [0.29, 0.717) is 5.02 Å². The highest BCUT2D eigenvalue weighted by Gasteiger charge is 2.23. The molecule has 0 aliphatic rings. The maximum Gasteiger partial charge on any atom is 0.353 e. The Balaban J connectivity index is 2.67. The fourth-order valence-electron chi connectivity index (χ4n) is 2.04. The average Bonchev–Trinajstić information content (AvgIpc) is 2.38. The summed E-state index contributed by atoms with van der Waals surface area (Å²) in [6, 6.07) is 4.29. The van der Waals surface area contributed by atoms with Crippen molar-refractivity contribution in [2.75, 3.05) is 0 Å². The first kappa shape index (κ1) is 13.2. The van der Waals surface area contributed by atoms with Crippen LogP contribution in [0.15, 0.2) is 36.6 Å². The van der Waals surface area contributed by atoms with Gasteiger partial charge in [0.05, 0.1) is 5.39 Å². The van der Waals surface area contributed by atoms with Gasteiger partial charge < -0.3 is 19.7 Å². The highest BCUT2D eigenvalue weighted by Crippen LogP contribution is 2.30. The molecule has 0 bridgehead atoms. The molecular formula is C13H6ClNO6. The molecule has 0 saturated carbocycles. The van der Waals surface area contributed by atoms with Crippen molar-refractivity contribution in [1.82, 2.24) is 0 Å². The number of hydrogen-bond donors (Lipinski definition) is 2. The molecule has 8 heteroatoms. The van der Waals surface area contributed by atoms with Gasteiger partial charge in [0.15, 0.2) is 16.9 Å². The molecule has 0 radical (unpaired) electrons. The Hall–Kier alpha value is -2.80. The predicted octanol–water partition coefficient (Wildman–Crippen LogP) is 1.36. The second-order valence-electron chi connectivity index (χ2n) is 4.21. The van der Waals surface area contributed by atoms with E-state index in [-0.39, 0.29) is 16.6 Å². The second-order valence-corrected chi connectivity index (χ2v) is 4.65. The standard InChI is InChI=1S/C13H6ClNO6/c14-4-1-2-6-5(3-4)10-7(12(18)20-6)9(16)8(11(15)17)13(19)21-10/h1-3,16H,(H2,15,17). The molecule has 3 rings (SSSR count). The van der Waals surface area contributed by atoms with Crippen molar-refractivity contribution in [3.63, 3.8) is 0 Å². The summed E-state index contributed by atoms with van der Waals surface area (Å²) < 4.78 is 9.95. The number of carbonyl (C=O) groups excluding carboxylic acids is 1. The lowest BCUT2D eigenvalue weighted by Crippen LogP contribution is -2.22. The monoisotopic (exact) mass is 307 g/mol. The minimum absolute atomic E-state index is 0.117. The first-order chi connectivity index (χ1) is 9.90.